The Morgan fingerprint density at radius 2 is 1.63 bits per heavy atom. The molecule has 2 bridgehead atoms. The van der Waals surface area contributed by atoms with E-state index < -0.39 is 11.2 Å². The minimum Gasteiger partial charge on any atom is -0.444 e. The largest absolute Gasteiger partial charge is 0.444 e. The zero-order valence-corrected chi connectivity index (χ0v) is 32.4. The van der Waals surface area contributed by atoms with Gasteiger partial charge in [0.25, 0.3) is 0 Å². The van der Waals surface area contributed by atoms with Crippen LogP contribution in [0.3, 0.4) is 0 Å². The average Bonchev–Trinajstić information content (AvgIpc) is 3.97. The lowest BCUT2D eigenvalue weighted by Gasteiger charge is -2.35. The predicted octanol–water partition coefficient (Wildman–Crippen LogP) is 9.92. The molecule has 4 aromatic rings. The SMILES string of the molecule is CC(C)(C)OC(=O)N1CCC[C@H]1c1ncc(C2=CC=C3c4ccc(-c5ccc6nc([C@@H]7[C@H]8CC[C@H](C8)N7C(=O)OC(C)(C)C)[nH]c6c5)cc4CCC3C2)[nH]1. The third kappa shape index (κ3) is 6.41. The van der Waals surface area contributed by atoms with Gasteiger partial charge < -0.3 is 19.4 Å². The van der Waals surface area contributed by atoms with Gasteiger partial charge in [0, 0.05) is 12.6 Å². The summed E-state index contributed by atoms with van der Waals surface area (Å²) in [6.45, 7) is 12.2. The molecule has 2 amide bonds. The van der Waals surface area contributed by atoms with Crippen molar-refractivity contribution in [3.8, 4) is 11.1 Å². The molecular weight excluding hydrogens is 677 g/mol. The number of hydrogen-bond donors (Lipinski definition) is 2. The van der Waals surface area contributed by atoms with Crippen LogP contribution in [0.25, 0.3) is 33.3 Å². The molecule has 10 heteroatoms. The van der Waals surface area contributed by atoms with E-state index in [2.05, 4.69) is 58.5 Å². The van der Waals surface area contributed by atoms with E-state index in [1.807, 2.05) is 57.5 Å². The number of H-pyrrole nitrogens is 2. The Morgan fingerprint density at radius 3 is 2.44 bits per heavy atom. The number of benzene rings is 2. The van der Waals surface area contributed by atoms with Gasteiger partial charge in [-0.15, -0.1) is 0 Å². The van der Waals surface area contributed by atoms with Crippen LogP contribution >= 0.6 is 0 Å². The van der Waals surface area contributed by atoms with E-state index in [0.29, 0.717) is 18.4 Å². The summed E-state index contributed by atoms with van der Waals surface area (Å²) in [5.41, 5.74) is 9.64. The highest BCUT2D eigenvalue weighted by atomic mass is 16.6. The van der Waals surface area contributed by atoms with E-state index in [1.54, 1.807) is 0 Å². The van der Waals surface area contributed by atoms with Gasteiger partial charge in [0.2, 0.25) is 0 Å². The maximum atomic E-state index is 13.3. The average molecular weight is 729 g/mol. The van der Waals surface area contributed by atoms with E-state index in [1.165, 1.54) is 27.8 Å². The van der Waals surface area contributed by atoms with E-state index in [9.17, 15) is 9.59 Å². The number of aromatic nitrogens is 4. The van der Waals surface area contributed by atoms with Crippen LogP contribution in [0.4, 0.5) is 9.59 Å². The number of carbonyl (C=O) groups excluding carboxylic acids is 2. The minimum atomic E-state index is -0.537. The molecule has 10 nitrogen and oxygen atoms in total. The van der Waals surface area contributed by atoms with Crippen LogP contribution in [-0.4, -0.2) is 65.7 Å². The van der Waals surface area contributed by atoms with Crippen molar-refractivity contribution < 1.29 is 19.1 Å². The lowest BCUT2D eigenvalue weighted by Crippen LogP contribution is -2.43. The molecule has 2 saturated heterocycles. The lowest BCUT2D eigenvalue weighted by molar-refractivity contribution is 0.00616. The summed E-state index contributed by atoms with van der Waals surface area (Å²) in [4.78, 5) is 47.0. The van der Waals surface area contributed by atoms with Gasteiger partial charge in [0.1, 0.15) is 22.9 Å². The second-order valence-corrected chi connectivity index (χ2v) is 18.1. The molecule has 0 spiro atoms. The van der Waals surface area contributed by atoms with Gasteiger partial charge in [-0.1, -0.05) is 36.4 Å². The smallest absolute Gasteiger partial charge is 0.411 e. The number of likely N-dealkylation sites (tertiary alicyclic amines) is 2. The molecule has 2 aliphatic heterocycles. The summed E-state index contributed by atoms with van der Waals surface area (Å²) in [5, 5.41) is 0. The molecule has 4 heterocycles. The van der Waals surface area contributed by atoms with Gasteiger partial charge >= 0.3 is 12.2 Å². The number of nitrogens with zero attached hydrogens (tertiary/aromatic N) is 4. The predicted molar refractivity (Wildman–Crippen MR) is 209 cm³/mol. The lowest BCUT2D eigenvalue weighted by atomic mass is 9.73. The number of fused-ring (bicyclic) bond motifs is 6. The highest BCUT2D eigenvalue weighted by Crippen LogP contribution is 2.50. The van der Waals surface area contributed by atoms with Crippen molar-refractivity contribution in [3.05, 3.63) is 83.2 Å². The number of amides is 2. The van der Waals surface area contributed by atoms with E-state index in [4.69, 9.17) is 19.4 Å². The molecule has 54 heavy (non-hydrogen) atoms. The van der Waals surface area contributed by atoms with Crippen molar-refractivity contribution in [1.29, 1.82) is 0 Å². The number of rotatable bonds is 4. The summed E-state index contributed by atoms with van der Waals surface area (Å²) >= 11 is 0. The first-order valence-electron chi connectivity index (χ1n) is 19.9. The zero-order chi connectivity index (χ0) is 37.5. The fraction of sp³-hybridized carbons (Fsp3) is 0.500. The first kappa shape index (κ1) is 34.9. The van der Waals surface area contributed by atoms with Gasteiger partial charge in [0.15, 0.2) is 0 Å². The van der Waals surface area contributed by atoms with Gasteiger partial charge in [-0.2, -0.15) is 0 Å². The topological polar surface area (TPSA) is 116 Å². The number of imidazole rings is 2. The fourth-order valence-electron chi connectivity index (χ4n) is 9.65. The fourth-order valence-corrected chi connectivity index (χ4v) is 9.65. The number of nitrogens with one attached hydrogen (secondary N) is 2. The Kier molecular flexibility index (Phi) is 8.32. The maximum Gasteiger partial charge on any atom is 0.411 e. The Hall–Kier alpha value is -4.86. The van der Waals surface area contributed by atoms with Crippen LogP contribution in [0.15, 0.2) is 54.7 Å². The molecule has 9 rings (SSSR count). The number of hydrogen-bond acceptors (Lipinski definition) is 6. The zero-order valence-electron chi connectivity index (χ0n) is 32.4. The molecule has 2 N–H and O–H groups in total. The molecule has 282 valence electrons. The molecule has 2 aromatic carbocycles. The Balaban J connectivity index is 0.928. The van der Waals surface area contributed by atoms with Crippen molar-refractivity contribution in [1.82, 2.24) is 29.7 Å². The van der Waals surface area contributed by atoms with Crippen LogP contribution < -0.4 is 0 Å². The molecular formula is C44H52N6O4. The molecule has 5 atom stereocenters. The highest BCUT2D eigenvalue weighted by molar-refractivity contribution is 5.85. The highest BCUT2D eigenvalue weighted by Gasteiger charge is 2.51. The quantitative estimate of drug-likeness (QED) is 0.216. The summed E-state index contributed by atoms with van der Waals surface area (Å²) in [6, 6.07) is 13.4. The van der Waals surface area contributed by atoms with Crippen LogP contribution in [0.2, 0.25) is 0 Å². The van der Waals surface area contributed by atoms with E-state index >= 15 is 0 Å². The van der Waals surface area contributed by atoms with Crippen molar-refractivity contribution in [2.75, 3.05) is 6.54 Å². The summed E-state index contributed by atoms with van der Waals surface area (Å²) in [5.74, 6) is 2.55. The first-order chi connectivity index (χ1) is 25.8. The number of carbonyl (C=O) groups is 2. The number of aryl methyl sites for hydroxylation is 1. The van der Waals surface area contributed by atoms with Crippen LogP contribution in [0.1, 0.15) is 127 Å². The molecule has 5 aliphatic rings. The van der Waals surface area contributed by atoms with Gasteiger partial charge in [-0.25, -0.2) is 19.6 Å². The third-order valence-electron chi connectivity index (χ3n) is 12.0. The molecule has 0 radical (unpaired) electrons. The first-order valence-corrected chi connectivity index (χ1v) is 19.9. The van der Waals surface area contributed by atoms with Gasteiger partial charge in [-0.05, 0) is 150 Å². The van der Waals surface area contributed by atoms with Crippen molar-refractivity contribution in [3.63, 3.8) is 0 Å². The Morgan fingerprint density at radius 1 is 0.852 bits per heavy atom. The van der Waals surface area contributed by atoms with Crippen molar-refractivity contribution in [2.24, 2.45) is 11.8 Å². The summed E-state index contributed by atoms with van der Waals surface area (Å²) in [6.07, 6.45) is 14.0. The monoisotopic (exact) mass is 728 g/mol. The summed E-state index contributed by atoms with van der Waals surface area (Å²) in [7, 11) is 0. The standard InChI is InChI=1S/C44H52N6O4/c1-43(2,3)53-41(51)49-19-7-8-37(49)39-45-24-36(48-39)29-13-17-33-28(21-29)10-9-27-20-25(12-16-32(27)33)26-14-18-34-35(23-26)47-40(46-34)38-30-11-15-31(22-30)50(38)42(52)54-44(4,5)6/h12-14,16-18,20,23-24,28,30-31,37-38H,7-11,15,19,21-22H2,1-6H3,(H,45,48)(H,46,47)/t28?,30-,31+,37-,38-/m0/s1. The molecule has 1 unspecified atom stereocenters. The summed E-state index contributed by atoms with van der Waals surface area (Å²) < 4.78 is 11.5. The van der Waals surface area contributed by atoms with Gasteiger partial charge in [0.05, 0.1) is 35.0 Å². The minimum absolute atomic E-state index is 0.0818. The third-order valence-corrected chi connectivity index (χ3v) is 12.0. The Bertz CT molecular complexity index is 2200. The molecule has 3 fully saturated rings. The maximum absolute atomic E-state index is 13.3. The molecule has 1 saturated carbocycles. The number of aromatic amines is 2. The number of allylic oxidation sites excluding steroid dienone is 4. The van der Waals surface area contributed by atoms with Crippen LogP contribution in [0, 0.1) is 11.8 Å². The number of ether oxygens (including phenoxy) is 2. The second-order valence-electron chi connectivity index (χ2n) is 18.1. The van der Waals surface area contributed by atoms with Gasteiger partial charge in [-0.3, -0.25) is 9.80 Å². The van der Waals surface area contributed by atoms with Crippen LogP contribution in [0.5, 0.6) is 0 Å². The van der Waals surface area contributed by atoms with E-state index in [-0.39, 0.29) is 30.3 Å². The van der Waals surface area contributed by atoms with Crippen LogP contribution in [-0.2, 0) is 15.9 Å². The van der Waals surface area contributed by atoms with E-state index in [0.717, 1.165) is 85.3 Å². The van der Waals surface area contributed by atoms with Crippen molar-refractivity contribution >= 4 is 34.4 Å². The Labute approximate surface area is 317 Å². The number of piperidine rings is 1. The normalized spacial score (nSPS) is 25.0. The molecule has 3 aliphatic carbocycles. The molecule has 2 aromatic heterocycles. The van der Waals surface area contributed by atoms with Crippen molar-refractivity contribution in [2.45, 2.75) is 122 Å². The second kappa shape index (κ2) is 12.9.